The van der Waals surface area contributed by atoms with Gasteiger partial charge in [0.1, 0.15) is 5.75 Å². The molecule has 0 amide bonds. The van der Waals surface area contributed by atoms with E-state index in [4.69, 9.17) is 10.0 Å². The van der Waals surface area contributed by atoms with Gasteiger partial charge >= 0.3 is 7.12 Å². The van der Waals surface area contributed by atoms with Gasteiger partial charge in [-0.05, 0) is 34.1 Å². The molecule has 0 saturated heterocycles. The van der Waals surface area contributed by atoms with Crippen molar-refractivity contribution in [3.63, 3.8) is 0 Å². The number of benzene rings is 1. The van der Waals surface area contributed by atoms with Crippen molar-refractivity contribution < 1.29 is 15.2 Å². The predicted octanol–water partition coefficient (Wildman–Crippen LogP) is 1.05. The van der Waals surface area contributed by atoms with Crippen LogP contribution in [-0.4, -0.2) is 22.3 Å². The Kier molecular flexibility index (Phi) is 2.53. The zero-order valence-corrected chi connectivity index (χ0v) is 9.34. The Morgan fingerprint density at radius 3 is 2.64 bits per heavy atom. The number of phenols is 1. The maximum absolute atomic E-state index is 9.65. The van der Waals surface area contributed by atoms with Crippen LogP contribution in [0.3, 0.4) is 0 Å². The quantitative estimate of drug-likeness (QED) is 0.680. The normalized spacial score (nSPS) is 10.8. The molecule has 0 aliphatic rings. The van der Waals surface area contributed by atoms with E-state index in [9.17, 15) is 5.11 Å². The van der Waals surface area contributed by atoms with Gasteiger partial charge < -0.3 is 15.2 Å². The molecule has 0 bridgehead atoms. The van der Waals surface area contributed by atoms with Crippen LogP contribution in [0.4, 0.5) is 0 Å². The predicted molar refractivity (Wildman–Crippen MR) is 61.0 cm³/mol. The molecule has 14 heavy (non-hydrogen) atoms. The van der Waals surface area contributed by atoms with Crippen molar-refractivity contribution in [2.75, 3.05) is 0 Å². The minimum absolute atomic E-state index is 0.130. The number of fused-ring (bicyclic) bond motifs is 1. The van der Waals surface area contributed by atoms with Crippen molar-refractivity contribution in [3.8, 4) is 5.75 Å². The lowest BCUT2D eigenvalue weighted by molar-refractivity contribution is 0.427. The van der Waals surface area contributed by atoms with Crippen LogP contribution in [-0.2, 0) is 0 Å². The third kappa shape index (κ3) is 1.54. The van der Waals surface area contributed by atoms with E-state index in [1.165, 1.54) is 11.3 Å². The monoisotopic (exact) mass is 272 g/mol. The maximum atomic E-state index is 9.65. The van der Waals surface area contributed by atoms with Crippen molar-refractivity contribution >= 4 is 49.2 Å². The fraction of sp³-hybridized carbons (Fsp3) is 0. The molecular formula is C8H6BBrO3S. The molecule has 72 valence electrons. The molecule has 0 atom stereocenters. The van der Waals surface area contributed by atoms with Crippen LogP contribution in [0.2, 0.25) is 0 Å². The number of hydrogen-bond donors (Lipinski definition) is 3. The molecule has 2 rings (SSSR count). The van der Waals surface area contributed by atoms with Gasteiger partial charge in [-0.1, -0.05) is 0 Å². The lowest BCUT2D eigenvalue weighted by atomic mass is 9.89. The molecule has 0 spiro atoms. The van der Waals surface area contributed by atoms with Crippen LogP contribution >= 0.6 is 27.3 Å². The highest BCUT2D eigenvalue weighted by Crippen LogP contribution is 2.34. The summed E-state index contributed by atoms with van der Waals surface area (Å²) in [5, 5.41) is 28.2. The summed E-state index contributed by atoms with van der Waals surface area (Å²) in [5.41, 5.74) is 0. The molecule has 0 radical (unpaired) electrons. The lowest BCUT2D eigenvalue weighted by Gasteiger charge is -1.96. The van der Waals surface area contributed by atoms with Gasteiger partial charge in [0.05, 0.1) is 4.47 Å². The highest BCUT2D eigenvalue weighted by molar-refractivity contribution is 9.10. The molecular weight excluding hydrogens is 267 g/mol. The van der Waals surface area contributed by atoms with E-state index in [0.29, 0.717) is 14.6 Å². The van der Waals surface area contributed by atoms with Crippen LogP contribution in [0.25, 0.3) is 10.1 Å². The smallest absolute Gasteiger partial charge is 0.499 e. The first kappa shape index (κ1) is 9.98. The number of halogens is 1. The molecule has 1 aromatic carbocycles. The van der Waals surface area contributed by atoms with Crippen LogP contribution < -0.4 is 4.78 Å². The Labute approximate surface area is 92.9 Å². The molecule has 1 aromatic heterocycles. The summed E-state index contributed by atoms with van der Waals surface area (Å²) in [6.07, 6.45) is 0. The Morgan fingerprint density at radius 2 is 2.00 bits per heavy atom. The van der Waals surface area contributed by atoms with Crippen molar-refractivity contribution in [2.45, 2.75) is 0 Å². The van der Waals surface area contributed by atoms with Gasteiger partial charge in [-0.3, -0.25) is 0 Å². The van der Waals surface area contributed by atoms with E-state index in [-0.39, 0.29) is 5.75 Å². The highest BCUT2D eigenvalue weighted by Gasteiger charge is 2.16. The summed E-state index contributed by atoms with van der Waals surface area (Å²) in [6.45, 7) is 0. The van der Waals surface area contributed by atoms with E-state index in [2.05, 4.69) is 15.9 Å². The average Bonchev–Trinajstić information content (AvgIpc) is 2.56. The summed E-state index contributed by atoms with van der Waals surface area (Å²) in [6, 6.07) is 5.11. The molecule has 0 aliphatic carbocycles. The largest absolute Gasteiger partial charge is 0.506 e. The van der Waals surface area contributed by atoms with E-state index in [0.717, 1.165) is 4.70 Å². The number of rotatable bonds is 1. The number of phenolic OH excluding ortho intramolecular Hbond substituents is 1. The van der Waals surface area contributed by atoms with Gasteiger partial charge in [0, 0.05) is 14.9 Å². The Morgan fingerprint density at radius 1 is 1.29 bits per heavy atom. The van der Waals surface area contributed by atoms with E-state index in [1.54, 1.807) is 12.1 Å². The first-order valence-electron chi connectivity index (χ1n) is 3.86. The van der Waals surface area contributed by atoms with Crippen LogP contribution in [0.15, 0.2) is 22.7 Å². The molecule has 2 aromatic rings. The van der Waals surface area contributed by atoms with Gasteiger partial charge in [0.25, 0.3) is 0 Å². The second-order valence-corrected chi connectivity index (χ2v) is 4.80. The number of hydrogen-bond acceptors (Lipinski definition) is 4. The first-order valence-corrected chi connectivity index (χ1v) is 5.47. The van der Waals surface area contributed by atoms with Gasteiger partial charge in [0.2, 0.25) is 0 Å². The minimum atomic E-state index is -1.48. The molecule has 3 nitrogen and oxygen atoms in total. The molecule has 0 fully saturated rings. The Hall–Kier alpha value is -0.555. The Bertz CT molecular complexity index is 483. The molecule has 1 heterocycles. The fourth-order valence-corrected chi connectivity index (χ4v) is 2.50. The molecule has 0 saturated carbocycles. The highest BCUT2D eigenvalue weighted by atomic mass is 79.9. The second-order valence-electron chi connectivity index (χ2n) is 2.83. The average molecular weight is 273 g/mol. The molecule has 0 unspecified atom stereocenters. The van der Waals surface area contributed by atoms with Crippen LogP contribution in [0.1, 0.15) is 0 Å². The van der Waals surface area contributed by atoms with Gasteiger partial charge in [0.15, 0.2) is 0 Å². The SMILES string of the molecule is OB(O)c1cc2c(O)c(Br)ccc2s1. The maximum Gasteiger partial charge on any atom is 0.499 e. The van der Waals surface area contributed by atoms with Crippen LogP contribution in [0, 0.1) is 0 Å². The topological polar surface area (TPSA) is 60.7 Å². The number of thiophene rings is 1. The van der Waals surface area contributed by atoms with Crippen molar-refractivity contribution in [3.05, 3.63) is 22.7 Å². The van der Waals surface area contributed by atoms with Crippen molar-refractivity contribution in [1.29, 1.82) is 0 Å². The summed E-state index contributed by atoms with van der Waals surface area (Å²) >= 11 is 4.44. The lowest BCUT2D eigenvalue weighted by Crippen LogP contribution is -2.26. The molecule has 3 N–H and O–H groups in total. The fourth-order valence-electron chi connectivity index (χ4n) is 1.22. The standard InChI is InChI=1S/C8H6BBrO3S/c10-5-1-2-6-4(8(5)11)3-7(14-6)9(12)13/h1-3,11-13H. The van der Waals surface area contributed by atoms with E-state index < -0.39 is 7.12 Å². The Balaban J connectivity index is 2.71. The summed E-state index contributed by atoms with van der Waals surface area (Å²) in [4.78, 5) is 0. The third-order valence-electron chi connectivity index (χ3n) is 1.90. The van der Waals surface area contributed by atoms with E-state index in [1.807, 2.05) is 6.07 Å². The molecule has 6 heteroatoms. The summed E-state index contributed by atoms with van der Waals surface area (Å²) < 4.78 is 1.85. The van der Waals surface area contributed by atoms with Gasteiger partial charge in [-0.15, -0.1) is 11.3 Å². The third-order valence-corrected chi connectivity index (χ3v) is 3.68. The second kappa shape index (κ2) is 3.54. The van der Waals surface area contributed by atoms with Crippen molar-refractivity contribution in [2.24, 2.45) is 0 Å². The van der Waals surface area contributed by atoms with E-state index >= 15 is 0 Å². The van der Waals surface area contributed by atoms with Crippen LogP contribution in [0.5, 0.6) is 5.75 Å². The summed E-state index contributed by atoms with van der Waals surface area (Å²) in [5.74, 6) is 0.130. The zero-order valence-electron chi connectivity index (χ0n) is 6.94. The van der Waals surface area contributed by atoms with Crippen molar-refractivity contribution in [1.82, 2.24) is 0 Å². The number of aromatic hydroxyl groups is 1. The van der Waals surface area contributed by atoms with Gasteiger partial charge in [-0.2, -0.15) is 0 Å². The van der Waals surface area contributed by atoms with Gasteiger partial charge in [-0.25, -0.2) is 0 Å². The summed E-state index contributed by atoms with van der Waals surface area (Å²) in [7, 11) is -1.48. The first-order chi connectivity index (χ1) is 6.59. The molecule has 0 aliphatic heterocycles. The zero-order chi connectivity index (χ0) is 10.3. The minimum Gasteiger partial charge on any atom is -0.506 e.